The lowest BCUT2D eigenvalue weighted by Crippen LogP contribution is -2.50. The van der Waals surface area contributed by atoms with Crippen molar-refractivity contribution in [1.29, 1.82) is 0 Å². The van der Waals surface area contributed by atoms with E-state index in [1.807, 2.05) is 6.92 Å². The molecule has 1 heterocycles. The Hall–Kier alpha value is -1.26. The van der Waals surface area contributed by atoms with Gasteiger partial charge in [0.05, 0.1) is 13.7 Å². The van der Waals surface area contributed by atoms with Gasteiger partial charge in [0, 0.05) is 39.1 Å². The summed E-state index contributed by atoms with van der Waals surface area (Å²) in [7, 11) is 3.14. The molecule has 1 amide bonds. The number of rotatable bonds is 7. The van der Waals surface area contributed by atoms with E-state index in [-0.39, 0.29) is 42.1 Å². The number of methoxy groups -OCH3 is 1. The van der Waals surface area contributed by atoms with Crippen LogP contribution in [0.25, 0.3) is 0 Å². The Labute approximate surface area is 167 Å². The lowest BCUT2D eigenvalue weighted by molar-refractivity contribution is -0.140. The third-order valence-electron chi connectivity index (χ3n) is 3.91. The molecule has 0 atom stereocenters. The van der Waals surface area contributed by atoms with E-state index in [9.17, 15) is 9.59 Å². The standard InChI is InChI=1S/C16H30N4O4.HI/c1-4-24-16(22)20-11-8-13(9-12-20)19-15(17-2)18-10-6-5-7-14(21)23-3;/h13H,4-12H2,1-3H3,(H2,17,18,19);1H. The molecule has 0 aromatic rings. The van der Waals surface area contributed by atoms with Crippen LogP contribution in [0.15, 0.2) is 4.99 Å². The maximum atomic E-state index is 11.7. The summed E-state index contributed by atoms with van der Waals surface area (Å²) in [5.41, 5.74) is 0. The highest BCUT2D eigenvalue weighted by Crippen LogP contribution is 2.11. The van der Waals surface area contributed by atoms with Crippen LogP contribution in [0.3, 0.4) is 0 Å². The van der Waals surface area contributed by atoms with Crippen LogP contribution in [0.2, 0.25) is 0 Å². The van der Waals surface area contributed by atoms with E-state index in [1.165, 1.54) is 7.11 Å². The Morgan fingerprint density at radius 1 is 1.24 bits per heavy atom. The van der Waals surface area contributed by atoms with Gasteiger partial charge in [-0.2, -0.15) is 0 Å². The first-order valence-corrected chi connectivity index (χ1v) is 8.56. The second kappa shape index (κ2) is 14.0. The minimum Gasteiger partial charge on any atom is -0.469 e. The molecule has 1 rings (SSSR count). The summed E-state index contributed by atoms with van der Waals surface area (Å²) in [6.07, 6.45) is 3.59. The zero-order valence-corrected chi connectivity index (χ0v) is 17.7. The first-order chi connectivity index (χ1) is 11.6. The van der Waals surface area contributed by atoms with E-state index in [0.717, 1.165) is 38.2 Å². The van der Waals surface area contributed by atoms with Crippen molar-refractivity contribution in [2.75, 3.05) is 40.4 Å². The molecule has 2 N–H and O–H groups in total. The van der Waals surface area contributed by atoms with Crippen molar-refractivity contribution in [3.8, 4) is 0 Å². The molecule has 0 aromatic carbocycles. The molecule has 0 saturated carbocycles. The molecule has 1 saturated heterocycles. The van der Waals surface area contributed by atoms with Gasteiger partial charge in [0.2, 0.25) is 0 Å². The average molecular weight is 470 g/mol. The maximum Gasteiger partial charge on any atom is 0.409 e. The molecule has 0 aromatic heterocycles. The van der Waals surface area contributed by atoms with E-state index in [1.54, 1.807) is 11.9 Å². The fraction of sp³-hybridized carbons (Fsp3) is 0.812. The summed E-state index contributed by atoms with van der Waals surface area (Å²) in [5, 5.41) is 6.62. The molecule has 146 valence electrons. The van der Waals surface area contributed by atoms with E-state index in [0.29, 0.717) is 26.1 Å². The Balaban J connectivity index is 0.00000576. The van der Waals surface area contributed by atoms with Crippen molar-refractivity contribution >= 4 is 42.0 Å². The number of amides is 1. The fourth-order valence-electron chi connectivity index (χ4n) is 2.51. The molecule has 9 heteroatoms. The van der Waals surface area contributed by atoms with Gasteiger partial charge in [-0.25, -0.2) is 4.79 Å². The van der Waals surface area contributed by atoms with Crippen molar-refractivity contribution in [2.45, 2.75) is 45.1 Å². The minimum atomic E-state index is -0.232. The fourth-order valence-corrected chi connectivity index (χ4v) is 2.51. The van der Waals surface area contributed by atoms with Crippen molar-refractivity contribution in [3.05, 3.63) is 0 Å². The SMILES string of the molecule is CCOC(=O)N1CCC(NC(=NC)NCCCCC(=O)OC)CC1.I. The Morgan fingerprint density at radius 3 is 2.48 bits per heavy atom. The number of ether oxygens (including phenoxy) is 2. The lowest BCUT2D eigenvalue weighted by Gasteiger charge is -2.32. The normalized spacial score (nSPS) is 15.2. The number of hydrogen-bond acceptors (Lipinski definition) is 5. The van der Waals surface area contributed by atoms with Crippen LogP contribution in [0, 0.1) is 0 Å². The Kier molecular flexibility index (Phi) is 13.3. The highest BCUT2D eigenvalue weighted by atomic mass is 127. The topological polar surface area (TPSA) is 92.3 Å². The van der Waals surface area contributed by atoms with E-state index in [4.69, 9.17) is 4.74 Å². The number of likely N-dealkylation sites (tertiary alicyclic amines) is 1. The average Bonchev–Trinajstić information content (AvgIpc) is 2.60. The number of esters is 1. The Bertz CT molecular complexity index is 426. The molecular weight excluding hydrogens is 439 g/mol. The highest BCUT2D eigenvalue weighted by Gasteiger charge is 2.23. The molecule has 0 unspecified atom stereocenters. The van der Waals surface area contributed by atoms with Gasteiger partial charge in [0.25, 0.3) is 0 Å². The van der Waals surface area contributed by atoms with Gasteiger partial charge < -0.3 is 25.0 Å². The number of unbranched alkanes of at least 4 members (excludes halogenated alkanes) is 1. The summed E-state index contributed by atoms with van der Waals surface area (Å²) in [6, 6.07) is 0.289. The quantitative estimate of drug-likeness (QED) is 0.194. The number of nitrogens with one attached hydrogen (secondary N) is 2. The van der Waals surface area contributed by atoms with Crippen LogP contribution in [0.1, 0.15) is 39.0 Å². The first kappa shape index (κ1) is 23.7. The third kappa shape index (κ3) is 9.71. The highest BCUT2D eigenvalue weighted by molar-refractivity contribution is 14.0. The number of halogens is 1. The molecule has 1 aliphatic heterocycles. The van der Waals surface area contributed by atoms with Gasteiger partial charge >= 0.3 is 12.1 Å². The Morgan fingerprint density at radius 2 is 1.92 bits per heavy atom. The number of piperidine rings is 1. The molecule has 1 aliphatic rings. The number of carbonyl (C=O) groups is 2. The van der Waals surface area contributed by atoms with E-state index >= 15 is 0 Å². The van der Waals surface area contributed by atoms with Gasteiger partial charge in [-0.05, 0) is 32.6 Å². The maximum absolute atomic E-state index is 11.7. The molecule has 0 radical (unpaired) electrons. The van der Waals surface area contributed by atoms with Crippen LogP contribution in [-0.2, 0) is 14.3 Å². The van der Waals surface area contributed by atoms with Crippen molar-refractivity contribution in [1.82, 2.24) is 15.5 Å². The van der Waals surface area contributed by atoms with Crippen molar-refractivity contribution in [2.24, 2.45) is 4.99 Å². The van der Waals surface area contributed by atoms with E-state index < -0.39 is 0 Å². The molecule has 8 nitrogen and oxygen atoms in total. The van der Waals surface area contributed by atoms with Crippen LogP contribution in [0.5, 0.6) is 0 Å². The summed E-state index contributed by atoms with van der Waals surface area (Å²) < 4.78 is 9.63. The molecule has 0 aliphatic carbocycles. The molecule has 1 fully saturated rings. The van der Waals surface area contributed by atoms with Crippen LogP contribution >= 0.6 is 24.0 Å². The predicted octanol–water partition coefficient (Wildman–Crippen LogP) is 1.73. The monoisotopic (exact) mass is 470 g/mol. The second-order valence-electron chi connectivity index (χ2n) is 5.64. The zero-order valence-electron chi connectivity index (χ0n) is 15.4. The molecule has 25 heavy (non-hydrogen) atoms. The van der Waals surface area contributed by atoms with Gasteiger partial charge in [0.15, 0.2) is 5.96 Å². The third-order valence-corrected chi connectivity index (χ3v) is 3.91. The van der Waals surface area contributed by atoms with Gasteiger partial charge in [-0.3, -0.25) is 9.79 Å². The number of nitrogens with zero attached hydrogens (tertiary/aromatic N) is 2. The first-order valence-electron chi connectivity index (χ1n) is 8.56. The number of carbonyl (C=O) groups excluding carboxylic acids is 2. The summed E-state index contributed by atoms with van der Waals surface area (Å²) in [4.78, 5) is 28.7. The minimum absolute atomic E-state index is 0. The molecule has 0 spiro atoms. The van der Waals surface area contributed by atoms with Crippen LogP contribution < -0.4 is 10.6 Å². The van der Waals surface area contributed by atoms with Crippen molar-refractivity contribution < 1.29 is 19.1 Å². The largest absolute Gasteiger partial charge is 0.469 e. The zero-order chi connectivity index (χ0) is 17.8. The summed E-state index contributed by atoms with van der Waals surface area (Å²) in [6.45, 7) is 4.34. The molecular formula is C16H31IN4O4. The van der Waals surface area contributed by atoms with Gasteiger partial charge in [-0.1, -0.05) is 0 Å². The van der Waals surface area contributed by atoms with Crippen LogP contribution in [0.4, 0.5) is 4.79 Å². The predicted molar refractivity (Wildman–Crippen MR) is 107 cm³/mol. The van der Waals surface area contributed by atoms with Crippen molar-refractivity contribution in [3.63, 3.8) is 0 Å². The van der Waals surface area contributed by atoms with Gasteiger partial charge in [-0.15, -0.1) is 24.0 Å². The number of aliphatic imine (C=N–C) groups is 1. The number of guanidine groups is 1. The molecule has 0 bridgehead atoms. The summed E-state index contributed by atoms with van der Waals surface area (Å²) in [5.74, 6) is 0.577. The lowest BCUT2D eigenvalue weighted by atomic mass is 10.1. The van der Waals surface area contributed by atoms with E-state index in [2.05, 4.69) is 20.4 Å². The van der Waals surface area contributed by atoms with Gasteiger partial charge in [0.1, 0.15) is 0 Å². The van der Waals surface area contributed by atoms with Crippen LogP contribution in [-0.4, -0.2) is 69.4 Å². The second-order valence-corrected chi connectivity index (χ2v) is 5.64. The number of hydrogen-bond donors (Lipinski definition) is 2. The summed E-state index contributed by atoms with van der Waals surface area (Å²) >= 11 is 0. The smallest absolute Gasteiger partial charge is 0.409 e.